The summed E-state index contributed by atoms with van der Waals surface area (Å²) < 4.78 is 0. The zero-order chi connectivity index (χ0) is 13.2. The Kier molecular flexibility index (Phi) is 4.62. The average molecular weight is 319 g/mol. The molecule has 0 saturated heterocycles. The third kappa shape index (κ3) is 3.71. The molecule has 0 bridgehead atoms. The average Bonchev–Trinajstić information content (AvgIpc) is 2.15. The van der Waals surface area contributed by atoms with Crippen LogP contribution < -0.4 is 5.32 Å². The van der Waals surface area contributed by atoms with Crippen LogP contribution in [0.4, 0.5) is 0 Å². The highest BCUT2D eigenvalue weighted by Crippen LogP contribution is 2.21. The third-order valence-electron chi connectivity index (χ3n) is 2.80. The molecule has 1 rings (SSSR count). The fraction of sp³-hybridized carbons (Fsp3) is 0.462. The number of nitrogens with one attached hydrogen (secondary N) is 1. The van der Waals surface area contributed by atoms with Crippen molar-refractivity contribution in [2.75, 3.05) is 0 Å². The molecule has 17 heavy (non-hydrogen) atoms. The molecule has 0 heterocycles. The maximum atomic E-state index is 12.1. The normalized spacial score (nSPS) is 13.3. The fourth-order valence-electron chi connectivity index (χ4n) is 1.26. The molecular weight excluding hydrogens is 302 g/mol. The van der Waals surface area contributed by atoms with Gasteiger partial charge in [0.25, 0.3) is 5.91 Å². The summed E-state index contributed by atoms with van der Waals surface area (Å²) in [5.41, 5.74) is 1.23. The van der Waals surface area contributed by atoms with Gasteiger partial charge in [0.05, 0.1) is 10.6 Å². The molecule has 0 radical (unpaired) electrons. The van der Waals surface area contributed by atoms with Crippen LogP contribution in [0.25, 0.3) is 0 Å². The summed E-state index contributed by atoms with van der Waals surface area (Å²) in [4.78, 5) is 12.3. The Balaban J connectivity index is 2.91. The number of carbonyl (C=O) groups is 1. The van der Waals surface area contributed by atoms with Crippen LogP contribution in [0.1, 0.15) is 36.7 Å². The van der Waals surface area contributed by atoms with Gasteiger partial charge in [-0.15, -0.1) is 0 Å². The van der Waals surface area contributed by atoms with Crippen LogP contribution in [0.5, 0.6) is 0 Å². The van der Waals surface area contributed by atoms with Crippen molar-refractivity contribution in [1.82, 2.24) is 5.32 Å². The molecule has 0 fully saturated rings. The highest BCUT2D eigenvalue weighted by atomic mass is 79.9. The third-order valence-corrected chi connectivity index (χ3v) is 4.26. The van der Waals surface area contributed by atoms with E-state index in [0.29, 0.717) is 10.6 Å². The van der Waals surface area contributed by atoms with Crippen molar-refractivity contribution in [2.45, 2.75) is 38.1 Å². The summed E-state index contributed by atoms with van der Waals surface area (Å²) in [5, 5.41) is 3.45. The standard InChI is InChI=1S/C13H17BrClNO/c1-8-5-6-10(11(15)7-8)12(17)16-13(3,4)9(2)14/h5-7,9H,1-4H3,(H,16,17). The molecule has 0 aliphatic heterocycles. The molecule has 0 saturated carbocycles. The summed E-state index contributed by atoms with van der Waals surface area (Å²) in [6.45, 7) is 7.87. The van der Waals surface area contributed by atoms with Gasteiger partial charge in [-0.1, -0.05) is 40.5 Å². The zero-order valence-corrected chi connectivity index (χ0v) is 12.8. The zero-order valence-electron chi connectivity index (χ0n) is 10.5. The highest BCUT2D eigenvalue weighted by Gasteiger charge is 2.26. The second-order valence-electron chi connectivity index (χ2n) is 4.78. The number of hydrogen-bond donors (Lipinski definition) is 1. The van der Waals surface area contributed by atoms with Crippen molar-refractivity contribution in [3.05, 3.63) is 34.3 Å². The van der Waals surface area contributed by atoms with Crippen LogP contribution in [-0.4, -0.2) is 16.3 Å². The van der Waals surface area contributed by atoms with E-state index in [1.807, 2.05) is 33.8 Å². The van der Waals surface area contributed by atoms with E-state index in [9.17, 15) is 4.79 Å². The lowest BCUT2D eigenvalue weighted by Gasteiger charge is -2.29. The topological polar surface area (TPSA) is 29.1 Å². The van der Waals surface area contributed by atoms with Crippen LogP contribution in [0.15, 0.2) is 18.2 Å². The predicted molar refractivity (Wildman–Crippen MR) is 76.1 cm³/mol. The van der Waals surface area contributed by atoms with E-state index in [1.165, 1.54) is 0 Å². The predicted octanol–water partition coefficient (Wildman–Crippen LogP) is 3.94. The highest BCUT2D eigenvalue weighted by molar-refractivity contribution is 9.09. The van der Waals surface area contributed by atoms with E-state index in [0.717, 1.165) is 5.56 Å². The summed E-state index contributed by atoms with van der Waals surface area (Å²) in [7, 11) is 0. The number of benzene rings is 1. The van der Waals surface area contributed by atoms with Crippen LogP contribution in [-0.2, 0) is 0 Å². The molecule has 1 N–H and O–H groups in total. The van der Waals surface area contributed by atoms with Crippen LogP contribution in [0, 0.1) is 6.92 Å². The van der Waals surface area contributed by atoms with Crippen LogP contribution in [0.2, 0.25) is 5.02 Å². The molecule has 94 valence electrons. The summed E-state index contributed by atoms with van der Waals surface area (Å²) in [5.74, 6) is -0.147. The Hall–Kier alpha value is -0.540. The van der Waals surface area contributed by atoms with Gasteiger partial charge < -0.3 is 5.32 Å². The lowest BCUT2D eigenvalue weighted by atomic mass is 10.0. The molecular formula is C13H17BrClNO. The minimum absolute atomic E-state index is 0.147. The number of amides is 1. The molecule has 1 aromatic rings. The molecule has 1 unspecified atom stereocenters. The molecule has 1 atom stereocenters. The SMILES string of the molecule is Cc1ccc(C(=O)NC(C)(C)C(C)Br)c(Cl)c1. The minimum atomic E-state index is -0.328. The number of carbonyl (C=O) groups excluding carboxylic acids is 1. The quantitative estimate of drug-likeness (QED) is 0.840. The fourth-order valence-corrected chi connectivity index (χ4v) is 1.70. The number of halogens is 2. The van der Waals surface area contributed by atoms with E-state index in [-0.39, 0.29) is 16.3 Å². The first-order valence-electron chi connectivity index (χ1n) is 5.47. The van der Waals surface area contributed by atoms with Gasteiger partial charge in [-0.3, -0.25) is 4.79 Å². The second kappa shape index (κ2) is 5.40. The maximum absolute atomic E-state index is 12.1. The van der Waals surface area contributed by atoms with Crippen molar-refractivity contribution in [3.8, 4) is 0 Å². The second-order valence-corrected chi connectivity index (χ2v) is 6.56. The van der Waals surface area contributed by atoms with Crippen molar-refractivity contribution >= 4 is 33.4 Å². The lowest BCUT2D eigenvalue weighted by Crippen LogP contribution is -2.48. The number of rotatable bonds is 3. The molecule has 0 aliphatic carbocycles. The van der Waals surface area contributed by atoms with Gasteiger partial charge in [-0.25, -0.2) is 0 Å². The summed E-state index contributed by atoms with van der Waals surface area (Å²) in [6, 6.07) is 5.42. The molecule has 2 nitrogen and oxygen atoms in total. The first-order chi connectivity index (χ1) is 7.74. The van der Waals surface area contributed by atoms with Crippen molar-refractivity contribution in [1.29, 1.82) is 0 Å². The van der Waals surface area contributed by atoms with Gasteiger partial charge in [0.2, 0.25) is 0 Å². The van der Waals surface area contributed by atoms with Crippen LogP contribution >= 0.6 is 27.5 Å². The van der Waals surface area contributed by atoms with E-state index in [2.05, 4.69) is 21.2 Å². The molecule has 1 aromatic carbocycles. The summed E-state index contributed by atoms with van der Waals surface area (Å²) in [6.07, 6.45) is 0. The van der Waals surface area contributed by atoms with Crippen molar-refractivity contribution < 1.29 is 4.79 Å². The number of hydrogen-bond acceptors (Lipinski definition) is 1. The van der Waals surface area contributed by atoms with Gasteiger partial charge in [0.1, 0.15) is 0 Å². The monoisotopic (exact) mass is 317 g/mol. The Labute approximate surface area is 116 Å². The minimum Gasteiger partial charge on any atom is -0.346 e. The molecule has 4 heteroatoms. The number of aryl methyl sites for hydroxylation is 1. The Morgan fingerprint density at radius 2 is 2.06 bits per heavy atom. The molecule has 0 aliphatic rings. The Morgan fingerprint density at radius 1 is 1.47 bits per heavy atom. The van der Waals surface area contributed by atoms with Gasteiger partial charge >= 0.3 is 0 Å². The van der Waals surface area contributed by atoms with E-state index in [1.54, 1.807) is 12.1 Å². The van der Waals surface area contributed by atoms with E-state index in [4.69, 9.17) is 11.6 Å². The molecule has 0 aromatic heterocycles. The van der Waals surface area contributed by atoms with E-state index >= 15 is 0 Å². The number of alkyl halides is 1. The van der Waals surface area contributed by atoms with Crippen molar-refractivity contribution in [3.63, 3.8) is 0 Å². The van der Waals surface area contributed by atoms with E-state index < -0.39 is 0 Å². The largest absolute Gasteiger partial charge is 0.346 e. The maximum Gasteiger partial charge on any atom is 0.253 e. The van der Waals surface area contributed by atoms with Gasteiger partial charge in [0.15, 0.2) is 0 Å². The smallest absolute Gasteiger partial charge is 0.253 e. The molecule has 1 amide bonds. The van der Waals surface area contributed by atoms with Gasteiger partial charge in [-0.05, 0) is 38.5 Å². The Morgan fingerprint density at radius 3 is 2.53 bits per heavy atom. The first kappa shape index (κ1) is 14.5. The van der Waals surface area contributed by atoms with Crippen molar-refractivity contribution in [2.24, 2.45) is 0 Å². The van der Waals surface area contributed by atoms with Gasteiger partial charge in [0, 0.05) is 10.4 Å². The molecule has 0 spiro atoms. The Bertz CT molecular complexity index is 429. The first-order valence-corrected chi connectivity index (χ1v) is 6.76. The lowest BCUT2D eigenvalue weighted by molar-refractivity contribution is 0.0914. The van der Waals surface area contributed by atoms with Crippen LogP contribution in [0.3, 0.4) is 0 Å². The van der Waals surface area contributed by atoms with Gasteiger partial charge in [-0.2, -0.15) is 0 Å². The summed E-state index contributed by atoms with van der Waals surface area (Å²) >= 11 is 9.54.